The van der Waals surface area contributed by atoms with Crippen molar-refractivity contribution in [2.45, 2.75) is 6.42 Å². The summed E-state index contributed by atoms with van der Waals surface area (Å²) in [5.74, 6) is -0.922. The topological polar surface area (TPSA) is 49.7 Å². The van der Waals surface area contributed by atoms with Crippen LogP contribution in [0, 0.1) is 0 Å². The van der Waals surface area contributed by atoms with Gasteiger partial charge in [0.2, 0.25) is 0 Å². The van der Waals surface area contributed by atoms with Crippen molar-refractivity contribution in [1.82, 2.24) is 0 Å². The van der Waals surface area contributed by atoms with Gasteiger partial charge < -0.3 is 5.11 Å². The van der Waals surface area contributed by atoms with E-state index in [1.165, 1.54) is 11.3 Å². The molecule has 1 aliphatic heterocycles. The summed E-state index contributed by atoms with van der Waals surface area (Å²) in [6.45, 7) is 0. The van der Waals surface area contributed by atoms with Gasteiger partial charge in [0.1, 0.15) is 10.7 Å². The van der Waals surface area contributed by atoms with Gasteiger partial charge in [-0.15, -0.1) is 11.3 Å². The first-order valence-electron chi connectivity index (χ1n) is 3.26. The third kappa shape index (κ3) is 1.19. The van der Waals surface area contributed by atoms with Gasteiger partial charge in [-0.05, 0) is 27.6 Å². The number of nitrogens with zero attached hydrogens (tertiary/aromatic N) is 1. The van der Waals surface area contributed by atoms with Crippen molar-refractivity contribution in [2.75, 3.05) is 0 Å². The molecule has 2 heterocycles. The molecule has 3 nitrogen and oxygen atoms in total. The van der Waals surface area contributed by atoms with Crippen LogP contribution in [-0.2, 0) is 11.2 Å². The smallest absolute Gasteiger partial charge is 0.350 e. The van der Waals surface area contributed by atoms with Crippen LogP contribution in [-0.4, -0.2) is 16.8 Å². The zero-order chi connectivity index (χ0) is 8.72. The lowest BCUT2D eigenvalue weighted by Gasteiger charge is -1.88. The van der Waals surface area contributed by atoms with Gasteiger partial charge in [0.15, 0.2) is 0 Å². The number of thiophene rings is 1. The highest BCUT2D eigenvalue weighted by atomic mass is 79.9. The van der Waals surface area contributed by atoms with Crippen LogP contribution in [0.25, 0.3) is 0 Å². The summed E-state index contributed by atoms with van der Waals surface area (Å²) in [4.78, 5) is 14.5. The molecule has 12 heavy (non-hydrogen) atoms. The zero-order valence-electron chi connectivity index (χ0n) is 5.87. The van der Waals surface area contributed by atoms with Crippen molar-refractivity contribution in [3.8, 4) is 0 Å². The number of hydrogen-bond acceptors (Lipinski definition) is 3. The quantitative estimate of drug-likeness (QED) is 0.825. The van der Waals surface area contributed by atoms with E-state index in [0.717, 1.165) is 14.4 Å². The minimum absolute atomic E-state index is 0.240. The van der Waals surface area contributed by atoms with Crippen LogP contribution in [0.4, 0.5) is 5.00 Å². The highest BCUT2D eigenvalue weighted by molar-refractivity contribution is 9.11. The van der Waals surface area contributed by atoms with Crippen molar-refractivity contribution in [3.63, 3.8) is 0 Å². The van der Waals surface area contributed by atoms with Gasteiger partial charge in [-0.2, -0.15) is 0 Å². The second-order valence-corrected chi connectivity index (χ2v) is 4.83. The first kappa shape index (κ1) is 7.94. The SMILES string of the molecule is O=C(O)C1=Nc2sc(Br)cc2C1. The molecule has 0 aliphatic carbocycles. The van der Waals surface area contributed by atoms with E-state index in [9.17, 15) is 4.79 Å². The zero-order valence-corrected chi connectivity index (χ0v) is 8.28. The first-order valence-corrected chi connectivity index (χ1v) is 4.87. The molecule has 0 radical (unpaired) electrons. The molecule has 0 saturated carbocycles. The van der Waals surface area contributed by atoms with Crippen LogP contribution in [0.5, 0.6) is 0 Å². The monoisotopic (exact) mass is 245 g/mol. The summed E-state index contributed by atoms with van der Waals surface area (Å²) in [6.07, 6.45) is 0.451. The molecule has 1 aromatic heterocycles. The fourth-order valence-corrected chi connectivity index (χ4v) is 2.61. The Morgan fingerprint density at radius 3 is 3.08 bits per heavy atom. The number of carboxylic acids is 1. The van der Waals surface area contributed by atoms with E-state index in [-0.39, 0.29) is 5.71 Å². The largest absolute Gasteiger partial charge is 0.477 e. The van der Waals surface area contributed by atoms with Crippen LogP contribution < -0.4 is 0 Å². The average molecular weight is 246 g/mol. The molecule has 0 fully saturated rings. The Bertz CT molecular complexity index is 383. The van der Waals surface area contributed by atoms with E-state index in [4.69, 9.17) is 5.11 Å². The molecule has 0 unspecified atom stereocenters. The predicted molar refractivity (Wildman–Crippen MR) is 50.5 cm³/mol. The van der Waals surface area contributed by atoms with Gasteiger partial charge in [-0.3, -0.25) is 0 Å². The lowest BCUT2D eigenvalue weighted by Crippen LogP contribution is -2.11. The molecule has 1 aromatic rings. The number of halogens is 1. The summed E-state index contributed by atoms with van der Waals surface area (Å²) in [5.41, 5.74) is 1.24. The number of fused-ring (bicyclic) bond motifs is 1. The lowest BCUT2D eigenvalue weighted by molar-refractivity contribution is -0.129. The van der Waals surface area contributed by atoms with Crippen LogP contribution in [0.2, 0.25) is 0 Å². The van der Waals surface area contributed by atoms with Gasteiger partial charge >= 0.3 is 5.97 Å². The molecule has 0 amide bonds. The second kappa shape index (κ2) is 2.67. The minimum Gasteiger partial charge on any atom is -0.477 e. The highest BCUT2D eigenvalue weighted by Crippen LogP contribution is 2.38. The highest BCUT2D eigenvalue weighted by Gasteiger charge is 2.21. The van der Waals surface area contributed by atoms with Crippen molar-refractivity contribution in [3.05, 3.63) is 15.4 Å². The standard InChI is InChI=1S/C7H4BrNO2S/c8-5-2-3-1-4(7(10)11)9-6(3)12-5/h2H,1H2,(H,10,11). The van der Waals surface area contributed by atoms with Crippen LogP contribution in [0.15, 0.2) is 14.8 Å². The summed E-state index contributed by atoms with van der Waals surface area (Å²) in [5, 5.41) is 9.45. The van der Waals surface area contributed by atoms with E-state index < -0.39 is 5.97 Å². The number of aliphatic carboxylic acids is 1. The van der Waals surface area contributed by atoms with Crippen LogP contribution in [0.1, 0.15) is 5.56 Å². The Balaban J connectivity index is 2.39. The Kier molecular flexibility index (Phi) is 1.77. The summed E-state index contributed by atoms with van der Waals surface area (Å²) < 4.78 is 1.00. The molecular formula is C7H4BrNO2S. The van der Waals surface area contributed by atoms with Crippen molar-refractivity contribution in [2.24, 2.45) is 4.99 Å². The molecule has 0 aromatic carbocycles. The fourth-order valence-electron chi connectivity index (χ4n) is 1.07. The van der Waals surface area contributed by atoms with Gasteiger partial charge in [0.05, 0.1) is 3.79 Å². The van der Waals surface area contributed by atoms with E-state index in [1.54, 1.807) is 0 Å². The normalized spacial score (nSPS) is 14.2. The molecule has 62 valence electrons. The number of aliphatic imine (C=N–C) groups is 1. The van der Waals surface area contributed by atoms with E-state index >= 15 is 0 Å². The molecule has 0 saturated heterocycles. The van der Waals surface area contributed by atoms with Crippen molar-refractivity contribution in [1.29, 1.82) is 0 Å². The second-order valence-electron chi connectivity index (χ2n) is 2.42. The molecule has 5 heteroatoms. The van der Waals surface area contributed by atoms with Crippen molar-refractivity contribution >= 4 is 43.9 Å². The van der Waals surface area contributed by atoms with Crippen LogP contribution in [0.3, 0.4) is 0 Å². The van der Waals surface area contributed by atoms with Gasteiger partial charge in [0.25, 0.3) is 0 Å². The van der Waals surface area contributed by atoms with Crippen LogP contribution >= 0.6 is 27.3 Å². The maximum atomic E-state index is 10.5. The third-order valence-corrected chi connectivity index (χ3v) is 3.17. The van der Waals surface area contributed by atoms with Gasteiger partial charge in [-0.25, -0.2) is 9.79 Å². The molecule has 0 spiro atoms. The maximum absolute atomic E-state index is 10.5. The maximum Gasteiger partial charge on any atom is 0.350 e. The molecule has 1 N–H and O–H groups in total. The predicted octanol–water partition coefficient (Wildman–Crippen LogP) is 2.22. The van der Waals surface area contributed by atoms with Gasteiger partial charge in [-0.1, -0.05) is 0 Å². The van der Waals surface area contributed by atoms with E-state index in [2.05, 4.69) is 20.9 Å². The van der Waals surface area contributed by atoms with E-state index in [0.29, 0.717) is 6.42 Å². The Hall–Kier alpha value is -0.680. The van der Waals surface area contributed by atoms with Crippen molar-refractivity contribution < 1.29 is 9.90 Å². The lowest BCUT2D eigenvalue weighted by atomic mass is 10.2. The number of hydrogen-bond donors (Lipinski definition) is 1. The third-order valence-electron chi connectivity index (χ3n) is 1.60. The van der Waals surface area contributed by atoms with E-state index in [1.807, 2.05) is 6.07 Å². The Labute approximate surface area is 80.9 Å². The Morgan fingerprint density at radius 2 is 2.50 bits per heavy atom. The molecule has 0 atom stereocenters. The molecule has 1 aliphatic rings. The number of carboxylic acid groups (broad SMARTS) is 1. The molecule has 0 bridgehead atoms. The Morgan fingerprint density at radius 1 is 1.75 bits per heavy atom. The van der Waals surface area contributed by atoms with Gasteiger partial charge in [0, 0.05) is 6.42 Å². The number of rotatable bonds is 1. The summed E-state index contributed by atoms with van der Waals surface area (Å²) >= 11 is 4.78. The number of carbonyl (C=O) groups is 1. The molecule has 2 rings (SSSR count). The minimum atomic E-state index is -0.922. The first-order chi connectivity index (χ1) is 5.66. The summed E-state index contributed by atoms with van der Waals surface area (Å²) in [6, 6.07) is 1.92. The molecular weight excluding hydrogens is 242 g/mol. The summed E-state index contributed by atoms with van der Waals surface area (Å²) in [7, 11) is 0. The average Bonchev–Trinajstić information content (AvgIpc) is 2.42. The fraction of sp³-hybridized carbons (Fsp3) is 0.143.